The van der Waals surface area contributed by atoms with Crippen LogP contribution < -0.4 is 4.74 Å². The summed E-state index contributed by atoms with van der Waals surface area (Å²) < 4.78 is 12.7. The maximum atomic E-state index is 5.88. The van der Waals surface area contributed by atoms with E-state index in [2.05, 4.69) is 27.9 Å². The van der Waals surface area contributed by atoms with Crippen molar-refractivity contribution in [3.05, 3.63) is 28.7 Å². The van der Waals surface area contributed by atoms with Crippen molar-refractivity contribution in [2.75, 3.05) is 26.9 Å². The number of rotatable bonds is 4. The van der Waals surface area contributed by atoms with Crippen LogP contribution in [0.2, 0.25) is 0 Å². The second-order valence-corrected chi connectivity index (χ2v) is 6.44. The standard InChI is InChI=1S/C15H20BrNO2/c1-17-13(8-18-10-15(17)11-2-3-11)9-19-14-6-4-12(16)5-7-14/h4-7,11,13,15H,2-3,8-10H2,1H3/t13-,15+/m0/s1. The molecule has 0 amide bonds. The Bertz CT molecular complexity index is 419. The molecule has 104 valence electrons. The van der Waals surface area contributed by atoms with Gasteiger partial charge in [0.2, 0.25) is 0 Å². The molecule has 1 aromatic carbocycles. The van der Waals surface area contributed by atoms with Gasteiger partial charge < -0.3 is 9.47 Å². The zero-order chi connectivity index (χ0) is 13.2. The predicted molar refractivity (Wildman–Crippen MR) is 78.5 cm³/mol. The molecule has 0 spiro atoms. The van der Waals surface area contributed by atoms with E-state index in [0.717, 1.165) is 29.4 Å². The first-order valence-corrected chi connectivity index (χ1v) is 7.71. The largest absolute Gasteiger partial charge is 0.492 e. The van der Waals surface area contributed by atoms with Crippen LogP contribution in [0, 0.1) is 5.92 Å². The van der Waals surface area contributed by atoms with Crippen molar-refractivity contribution in [2.24, 2.45) is 5.92 Å². The van der Waals surface area contributed by atoms with Crippen LogP contribution in [-0.2, 0) is 4.74 Å². The quantitative estimate of drug-likeness (QED) is 0.849. The average molecular weight is 326 g/mol. The van der Waals surface area contributed by atoms with Crippen LogP contribution in [-0.4, -0.2) is 43.9 Å². The van der Waals surface area contributed by atoms with Crippen molar-refractivity contribution in [3.63, 3.8) is 0 Å². The minimum Gasteiger partial charge on any atom is -0.492 e. The summed E-state index contributed by atoms with van der Waals surface area (Å²) >= 11 is 3.43. The summed E-state index contributed by atoms with van der Waals surface area (Å²) in [7, 11) is 2.21. The maximum Gasteiger partial charge on any atom is 0.119 e. The highest BCUT2D eigenvalue weighted by Crippen LogP contribution is 2.37. The highest BCUT2D eigenvalue weighted by atomic mass is 79.9. The van der Waals surface area contributed by atoms with E-state index in [-0.39, 0.29) is 0 Å². The van der Waals surface area contributed by atoms with Gasteiger partial charge in [-0.15, -0.1) is 0 Å². The molecule has 0 radical (unpaired) electrons. The molecule has 4 heteroatoms. The van der Waals surface area contributed by atoms with Crippen molar-refractivity contribution in [3.8, 4) is 5.75 Å². The fraction of sp³-hybridized carbons (Fsp3) is 0.600. The molecule has 1 saturated carbocycles. The Hall–Kier alpha value is -0.580. The second-order valence-electron chi connectivity index (χ2n) is 5.53. The van der Waals surface area contributed by atoms with E-state index in [1.807, 2.05) is 24.3 Å². The van der Waals surface area contributed by atoms with Gasteiger partial charge in [-0.25, -0.2) is 0 Å². The molecule has 1 aliphatic heterocycles. The van der Waals surface area contributed by atoms with Gasteiger partial charge in [-0.3, -0.25) is 4.90 Å². The van der Waals surface area contributed by atoms with Crippen LogP contribution in [0.3, 0.4) is 0 Å². The van der Waals surface area contributed by atoms with Crippen LogP contribution in [0.1, 0.15) is 12.8 Å². The minimum absolute atomic E-state index is 0.364. The second kappa shape index (κ2) is 5.81. The highest BCUT2D eigenvalue weighted by Gasteiger charge is 2.39. The Morgan fingerprint density at radius 2 is 2.00 bits per heavy atom. The van der Waals surface area contributed by atoms with Gasteiger partial charge in [-0.05, 0) is 50.1 Å². The minimum atomic E-state index is 0.364. The maximum absolute atomic E-state index is 5.88. The first-order valence-electron chi connectivity index (χ1n) is 6.92. The van der Waals surface area contributed by atoms with E-state index >= 15 is 0 Å². The summed E-state index contributed by atoms with van der Waals surface area (Å²) in [6, 6.07) is 8.95. The molecule has 0 unspecified atom stereocenters. The van der Waals surface area contributed by atoms with Crippen LogP contribution in [0.4, 0.5) is 0 Å². The lowest BCUT2D eigenvalue weighted by Gasteiger charge is -2.39. The number of morpholine rings is 1. The van der Waals surface area contributed by atoms with Crippen molar-refractivity contribution in [1.82, 2.24) is 4.90 Å². The normalized spacial score (nSPS) is 28.3. The monoisotopic (exact) mass is 325 g/mol. The molecular weight excluding hydrogens is 306 g/mol. The lowest BCUT2D eigenvalue weighted by Crippen LogP contribution is -2.53. The Balaban J connectivity index is 1.55. The Morgan fingerprint density at radius 1 is 1.26 bits per heavy atom. The zero-order valence-corrected chi connectivity index (χ0v) is 12.8. The van der Waals surface area contributed by atoms with E-state index in [0.29, 0.717) is 18.7 Å². The molecule has 1 aromatic rings. The first-order chi connectivity index (χ1) is 9.24. The van der Waals surface area contributed by atoms with Crippen molar-refractivity contribution in [1.29, 1.82) is 0 Å². The summed E-state index contributed by atoms with van der Waals surface area (Å²) in [4.78, 5) is 2.46. The Labute approximate surface area is 123 Å². The predicted octanol–water partition coefficient (Wildman–Crippen LogP) is 2.94. The van der Waals surface area contributed by atoms with E-state index in [9.17, 15) is 0 Å². The van der Waals surface area contributed by atoms with E-state index in [1.54, 1.807) is 0 Å². The molecule has 1 saturated heterocycles. The summed E-state index contributed by atoms with van der Waals surface area (Å²) in [6.07, 6.45) is 2.72. The van der Waals surface area contributed by atoms with E-state index in [1.165, 1.54) is 12.8 Å². The third kappa shape index (κ3) is 3.30. The fourth-order valence-electron chi connectivity index (χ4n) is 2.67. The van der Waals surface area contributed by atoms with Gasteiger partial charge in [0, 0.05) is 10.5 Å². The van der Waals surface area contributed by atoms with Crippen molar-refractivity contribution < 1.29 is 9.47 Å². The number of benzene rings is 1. The van der Waals surface area contributed by atoms with Crippen molar-refractivity contribution >= 4 is 15.9 Å². The molecule has 2 aliphatic rings. The summed E-state index contributed by atoms with van der Waals surface area (Å²) in [6.45, 7) is 2.35. The molecule has 0 N–H and O–H groups in total. The number of hydrogen-bond donors (Lipinski definition) is 0. The number of ether oxygens (including phenoxy) is 2. The van der Waals surface area contributed by atoms with Crippen molar-refractivity contribution in [2.45, 2.75) is 24.9 Å². The summed E-state index contributed by atoms with van der Waals surface area (Å²) in [5.74, 6) is 1.77. The third-order valence-electron chi connectivity index (χ3n) is 4.12. The molecule has 2 fully saturated rings. The molecule has 3 rings (SSSR count). The smallest absolute Gasteiger partial charge is 0.119 e. The van der Waals surface area contributed by atoms with Crippen LogP contribution in [0.5, 0.6) is 5.75 Å². The number of halogens is 1. The molecule has 19 heavy (non-hydrogen) atoms. The van der Waals surface area contributed by atoms with E-state index in [4.69, 9.17) is 9.47 Å². The van der Waals surface area contributed by atoms with Gasteiger partial charge in [-0.2, -0.15) is 0 Å². The molecule has 3 nitrogen and oxygen atoms in total. The zero-order valence-electron chi connectivity index (χ0n) is 11.2. The first kappa shape index (κ1) is 13.4. The molecule has 1 aliphatic carbocycles. The van der Waals surface area contributed by atoms with Crippen LogP contribution in [0.15, 0.2) is 28.7 Å². The SMILES string of the molecule is CN1[C@H](COc2ccc(Br)cc2)COC[C@@H]1C1CC1. The molecule has 1 heterocycles. The summed E-state index contributed by atoms with van der Waals surface area (Å²) in [5, 5.41) is 0. The topological polar surface area (TPSA) is 21.7 Å². The Kier molecular flexibility index (Phi) is 4.10. The molecule has 0 aromatic heterocycles. The van der Waals surface area contributed by atoms with Gasteiger partial charge in [-0.1, -0.05) is 15.9 Å². The van der Waals surface area contributed by atoms with Gasteiger partial charge >= 0.3 is 0 Å². The third-order valence-corrected chi connectivity index (χ3v) is 4.65. The molecular formula is C15H20BrNO2. The number of likely N-dealkylation sites (N-methyl/N-ethyl adjacent to an activating group) is 1. The van der Waals surface area contributed by atoms with E-state index < -0.39 is 0 Å². The fourth-order valence-corrected chi connectivity index (χ4v) is 2.93. The number of nitrogens with zero attached hydrogens (tertiary/aromatic N) is 1. The van der Waals surface area contributed by atoms with Gasteiger partial charge in [0.1, 0.15) is 12.4 Å². The number of hydrogen-bond acceptors (Lipinski definition) is 3. The van der Waals surface area contributed by atoms with Crippen LogP contribution in [0.25, 0.3) is 0 Å². The van der Waals surface area contributed by atoms with Crippen LogP contribution >= 0.6 is 15.9 Å². The highest BCUT2D eigenvalue weighted by molar-refractivity contribution is 9.10. The lowest BCUT2D eigenvalue weighted by atomic mass is 10.1. The van der Waals surface area contributed by atoms with Gasteiger partial charge in [0.25, 0.3) is 0 Å². The lowest BCUT2D eigenvalue weighted by molar-refractivity contribution is -0.0556. The van der Waals surface area contributed by atoms with Gasteiger partial charge in [0.05, 0.1) is 19.3 Å². The molecule has 2 atom stereocenters. The molecule has 0 bridgehead atoms. The average Bonchev–Trinajstić information content (AvgIpc) is 3.24. The Morgan fingerprint density at radius 3 is 2.68 bits per heavy atom. The van der Waals surface area contributed by atoms with Gasteiger partial charge in [0.15, 0.2) is 0 Å². The summed E-state index contributed by atoms with van der Waals surface area (Å²) in [5.41, 5.74) is 0.